The lowest BCUT2D eigenvalue weighted by atomic mass is 10.1. The van der Waals surface area contributed by atoms with Gasteiger partial charge in [0.2, 0.25) is 12.7 Å². The predicted molar refractivity (Wildman–Crippen MR) is 115 cm³/mol. The molecule has 0 saturated carbocycles. The fourth-order valence-corrected chi connectivity index (χ4v) is 3.44. The molecule has 30 heavy (non-hydrogen) atoms. The number of ether oxygens (including phenoxy) is 2. The summed E-state index contributed by atoms with van der Waals surface area (Å²) >= 11 is 6.07. The molecule has 5 rings (SSSR count). The molecule has 0 fully saturated rings. The second kappa shape index (κ2) is 7.68. The first-order valence-corrected chi connectivity index (χ1v) is 9.78. The van der Waals surface area contributed by atoms with Crippen molar-refractivity contribution in [3.05, 3.63) is 71.6 Å². The number of imidazole rings is 1. The lowest BCUT2D eigenvalue weighted by molar-refractivity contribution is 0.174. The van der Waals surface area contributed by atoms with Gasteiger partial charge in [0.05, 0.1) is 11.3 Å². The fraction of sp³-hybridized carbons (Fsp3) is 0.136. The Morgan fingerprint density at radius 3 is 2.70 bits per heavy atom. The first-order valence-electron chi connectivity index (χ1n) is 9.40. The molecule has 3 heterocycles. The van der Waals surface area contributed by atoms with Crippen molar-refractivity contribution < 1.29 is 9.47 Å². The summed E-state index contributed by atoms with van der Waals surface area (Å²) in [6.45, 7) is 0.812. The molecule has 1 aliphatic heterocycles. The number of nitrogens with zero attached hydrogens (tertiary/aromatic N) is 4. The highest BCUT2D eigenvalue weighted by Gasteiger charge is 2.16. The largest absolute Gasteiger partial charge is 0.454 e. The van der Waals surface area contributed by atoms with Crippen molar-refractivity contribution in [2.45, 2.75) is 6.54 Å². The molecule has 0 atom stereocenters. The summed E-state index contributed by atoms with van der Waals surface area (Å²) in [4.78, 5) is 13.7. The highest BCUT2D eigenvalue weighted by atomic mass is 35.5. The number of fused-ring (bicyclic) bond motifs is 1. The number of hydrogen-bond acceptors (Lipinski definition) is 6. The van der Waals surface area contributed by atoms with E-state index in [1.807, 2.05) is 60.3 Å². The number of aromatic nitrogens is 4. The van der Waals surface area contributed by atoms with E-state index in [0.717, 1.165) is 39.7 Å². The number of benzene rings is 2. The quantitative estimate of drug-likeness (QED) is 0.512. The second-order valence-electron chi connectivity index (χ2n) is 6.87. The van der Waals surface area contributed by atoms with Crippen LogP contribution in [0.3, 0.4) is 0 Å². The maximum atomic E-state index is 6.07. The molecule has 0 unspecified atom stereocenters. The molecule has 0 spiro atoms. The van der Waals surface area contributed by atoms with Crippen LogP contribution in [-0.2, 0) is 13.6 Å². The van der Waals surface area contributed by atoms with Gasteiger partial charge in [-0.15, -0.1) is 0 Å². The molecule has 0 saturated heterocycles. The molecule has 0 radical (unpaired) electrons. The average molecular weight is 420 g/mol. The molecule has 4 aromatic rings. The van der Waals surface area contributed by atoms with Crippen molar-refractivity contribution in [3.8, 4) is 34.1 Å². The third-order valence-corrected chi connectivity index (χ3v) is 5.11. The van der Waals surface area contributed by atoms with Crippen LogP contribution in [0.5, 0.6) is 11.5 Å². The van der Waals surface area contributed by atoms with Gasteiger partial charge in [-0.05, 0) is 29.8 Å². The Labute approximate surface area is 178 Å². The fourth-order valence-electron chi connectivity index (χ4n) is 3.32. The minimum absolute atomic E-state index is 0.258. The molecule has 2 aromatic carbocycles. The first-order chi connectivity index (χ1) is 14.7. The summed E-state index contributed by atoms with van der Waals surface area (Å²) in [5.41, 5.74) is 3.61. The predicted octanol–water partition coefficient (Wildman–Crippen LogP) is 4.54. The van der Waals surface area contributed by atoms with Crippen molar-refractivity contribution in [1.29, 1.82) is 0 Å². The zero-order valence-electron chi connectivity index (χ0n) is 16.2. The van der Waals surface area contributed by atoms with Gasteiger partial charge in [-0.2, -0.15) is 0 Å². The lowest BCUT2D eigenvalue weighted by Gasteiger charge is -2.12. The molecular weight excluding hydrogens is 402 g/mol. The van der Waals surface area contributed by atoms with E-state index >= 15 is 0 Å². The van der Waals surface area contributed by atoms with Crippen LogP contribution in [0.2, 0.25) is 5.02 Å². The average Bonchev–Trinajstić information content (AvgIpc) is 3.41. The molecule has 7 nitrogen and oxygen atoms in total. The van der Waals surface area contributed by atoms with Crippen molar-refractivity contribution in [2.75, 3.05) is 12.1 Å². The summed E-state index contributed by atoms with van der Waals surface area (Å²) in [6, 6.07) is 13.4. The van der Waals surface area contributed by atoms with E-state index in [2.05, 4.69) is 15.3 Å². The van der Waals surface area contributed by atoms with Crippen LogP contribution in [0, 0.1) is 0 Å². The standard InChI is InChI=1S/C22H18ClN5O2/c1-28-9-8-24-21(28)17-12-26-22(27-20(17)15-3-5-16(23)6-4-15)25-11-14-2-7-18-19(10-14)30-13-29-18/h2-10,12H,11,13H2,1H3,(H,25,26,27). The monoisotopic (exact) mass is 419 g/mol. The zero-order chi connectivity index (χ0) is 20.5. The Bertz CT molecular complexity index is 1210. The molecule has 0 bridgehead atoms. The van der Waals surface area contributed by atoms with Crippen molar-refractivity contribution in [2.24, 2.45) is 7.05 Å². The van der Waals surface area contributed by atoms with Crippen LogP contribution in [0.15, 0.2) is 61.1 Å². The third-order valence-electron chi connectivity index (χ3n) is 4.86. The number of aryl methyl sites for hydroxylation is 1. The number of rotatable bonds is 5. The van der Waals surface area contributed by atoms with Crippen molar-refractivity contribution in [3.63, 3.8) is 0 Å². The molecule has 2 aromatic heterocycles. The van der Waals surface area contributed by atoms with Gasteiger partial charge >= 0.3 is 0 Å². The van der Waals surface area contributed by atoms with Crippen LogP contribution < -0.4 is 14.8 Å². The van der Waals surface area contributed by atoms with Gasteiger partial charge in [-0.3, -0.25) is 0 Å². The summed E-state index contributed by atoms with van der Waals surface area (Å²) in [6.07, 6.45) is 5.45. The SMILES string of the molecule is Cn1ccnc1-c1cnc(NCc2ccc3c(c2)OCO3)nc1-c1ccc(Cl)cc1. The smallest absolute Gasteiger partial charge is 0.231 e. The van der Waals surface area contributed by atoms with Gasteiger partial charge in [0.25, 0.3) is 0 Å². The van der Waals surface area contributed by atoms with Crippen LogP contribution >= 0.6 is 11.6 Å². The molecular formula is C22H18ClN5O2. The van der Waals surface area contributed by atoms with E-state index in [0.29, 0.717) is 17.5 Å². The summed E-state index contributed by atoms with van der Waals surface area (Å²) < 4.78 is 12.7. The van der Waals surface area contributed by atoms with E-state index in [1.54, 1.807) is 12.4 Å². The van der Waals surface area contributed by atoms with Crippen LogP contribution in [0.25, 0.3) is 22.6 Å². The minimum atomic E-state index is 0.258. The lowest BCUT2D eigenvalue weighted by Crippen LogP contribution is -2.06. The van der Waals surface area contributed by atoms with Crippen molar-refractivity contribution in [1.82, 2.24) is 19.5 Å². The highest BCUT2D eigenvalue weighted by molar-refractivity contribution is 6.30. The van der Waals surface area contributed by atoms with E-state index in [4.69, 9.17) is 26.1 Å². The number of halogens is 1. The Hall–Kier alpha value is -3.58. The molecule has 150 valence electrons. The molecule has 1 N–H and O–H groups in total. The van der Waals surface area contributed by atoms with E-state index in [-0.39, 0.29) is 6.79 Å². The van der Waals surface area contributed by atoms with Gasteiger partial charge < -0.3 is 19.4 Å². The Kier molecular flexibility index (Phi) is 4.72. The second-order valence-corrected chi connectivity index (χ2v) is 7.30. The maximum absolute atomic E-state index is 6.07. The third kappa shape index (κ3) is 3.55. The Morgan fingerprint density at radius 1 is 1.07 bits per heavy atom. The normalized spacial score (nSPS) is 12.2. The Morgan fingerprint density at radius 2 is 1.90 bits per heavy atom. The highest BCUT2D eigenvalue weighted by Crippen LogP contribution is 2.33. The minimum Gasteiger partial charge on any atom is -0.454 e. The summed E-state index contributed by atoms with van der Waals surface area (Å²) in [5, 5.41) is 3.96. The van der Waals surface area contributed by atoms with Gasteiger partial charge in [-0.1, -0.05) is 29.8 Å². The Balaban J connectivity index is 1.47. The van der Waals surface area contributed by atoms with Gasteiger partial charge in [-0.25, -0.2) is 15.0 Å². The first kappa shape index (κ1) is 18.4. The number of hydrogen-bond donors (Lipinski definition) is 1. The van der Waals surface area contributed by atoms with E-state index < -0.39 is 0 Å². The number of anilines is 1. The summed E-state index contributed by atoms with van der Waals surface area (Å²) in [7, 11) is 1.94. The molecule has 0 aliphatic carbocycles. The topological polar surface area (TPSA) is 74.1 Å². The number of nitrogens with one attached hydrogen (secondary N) is 1. The maximum Gasteiger partial charge on any atom is 0.231 e. The van der Waals surface area contributed by atoms with Gasteiger partial charge in [0.1, 0.15) is 5.82 Å². The van der Waals surface area contributed by atoms with Crippen molar-refractivity contribution >= 4 is 17.5 Å². The molecule has 1 aliphatic rings. The molecule has 8 heteroatoms. The summed E-state index contributed by atoms with van der Waals surface area (Å²) in [5.74, 6) is 2.83. The van der Waals surface area contributed by atoms with Gasteiger partial charge in [0.15, 0.2) is 11.5 Å². The van der Waals surface area contributed by atoms with Crippen LogP contribution in [0.4, 0.5) is 5.95 Å². The van der Waals surface area contributed by atoms with E-state index in [1.165, 1.54) is 0 Å². The zero-order valence-corrected chi connectivity index (χ0v) is 16.9. The van der Waals surface area contributed by atoms with E-state index in [9.17, 15) is 0 Å². The van der Waals surface area contributed by atoms with Gasteiger partial charge in [0, 0.05) is 42.8 Å². The van der Waals surface area contributed by atoms with Crippen LogP contribution in [-0.4, -0.2) is 26.3 Å². The van der Waals surface area contributed by atoms with Crippen LogP contribution in [0.1, 0.15) is 5.56 Å². The molecule has 0 amide bonds.